The smallest absolute Gasteiger partial charge is 0.325 e. The maximum absolute atomic E-state index is 12.5. The SMILES string of the molecule is CCCCN(C)CC(=O)Nc1cccc(C(F)(F)F)c1. The number of rotatable bonds is 6. The van der Waals surface area contributed by atoms with E-state index in [4.69, 9.17) is 0 Å². The predicted molar refractivity (Wildman–Crippen MR) is 72.5 cm³/mol. The normalized spacial score (nSPS) is 11.7. The van der Waals surface area contributed by atoms with Crippen LogP contribution in [0.15, 0.2) is 24.3 Å². The molecule has 0 aromatic heterocycles. The molecule has 0 atom stereocenters. The molecule has 0 spiro atoms. The molecule has 20 heavy (non-hydrogen) atoms. The minimum atomic E-state index is -4.40. The van der Waals surface area contributed by atoms with Crippen molar-refractivity contribution in [3.8, 4) is 0 Å². The summed E-state index contributed by atoms with van der Waals surface area (Å²) in [5.74, 6) is -0.317. The first-order valence-corrected chi connectivity index (χ1v) is 6.48. The summed E-state index contributed by atoms with van der Waals surface area (Å²) in [7, 11) is 1.81. The van der Waals surface area contributed by atoms with Crippen molar-refractivity contribution < 1.29 is 18.0 Å². The summed E-state index contributed by atoms with van der Waals surface area (Å²) in [6.45, 7) is 3.00. The fraction of sp³-hybridized carbons (Fsp3) is 0.500. The lowest BCUT2D eigenvalue weighted by atomic mass is 10.2. The van der Waals surface area contributed by atoms with E-state index >= 15 is 0 Å². The Labute approximate surface area is 116 Å². The van der Waals surface area contributed by atoms with Crippen molar-refractivity contribution in [1.82, 2.24) is 4.90 Å². The molecule has 1 amide bonds. The Morgan fingerprint density at radius 1 is 1.35 bits per heavy atom. The van der Waals surface area contributed by atoms with Crippen molar-refractivity contribution >= 4 is 11.6 Å². The first-order chi connectivity index (χ1) is 9.32. The highest BCUT2D eigenvalue weighted by molar-refractivity contribution is 5.92. The Balaban J connectivity index is 2.58. The monoisotopic (exact) mass is 288 g/mol. The summed E-state index contributed by atoms with van der Waals surface area (Å²) >= 11 is 0. The number of anilines is 1. The average molecular weight is 288 g/mol. The van der Waals surface area contributed by atoms with Gasteiger partial charge in [0, 0.05) is 5.69 Å². The highest BCUT2D eigenvalue weighted by Gasteiger charge is 2.30. The number of carbonyl (C=O) groups is 1. The van der Waals surface area contributed by atoms with Gasteiger partial charge in [-0.25, -0.2) is 0 Å². The lowest BCUT2D eigenvalue weighted by Gasteiger charge is -2.16. The van der Waals surface area contributed by atoms with Crippen LogP contribution >= 0.6 is 0 Å². The Hall–Kier alpha value is -1.56. The third-order valence-electron chi connectivity index (χ3n) is 2.78. The van der Waals surface area contributed by atoms with Crippen molar-refractivity contribution in [2.24, 2.45) is 0 Å². The van der Waals surface area contributed by atoms with Gasteiger partial charge in [0.15, 0.2) is 0 Å². The molecule has 0 fully saturated rings. The second kappa shape index (κ2) is 7.28. The topological polar surface area (TPSA) is 32.3 Å². The Kier molecular flexibility index (Phi) is 6.01. The van der Waals surface area contributed by atoms with Crippen LogP contribution in [0.3, 0.4) is 0 Å². The second-order valence-electron chi connectivity index (χ2n) is 4.72. The summed E-state index contributed by atoms with van der Waals surface area (Å²) in [6, 6.07) is 4.63. The summed E-state index contributed by atoms with van der Waals surface area (Å²) in [4.78, 5) is 13.6. The molecular formula is C14H19F3N2O. The number of unbranched alkanes of at least 4 members (excludes halogenated alkanes) is 1. The van der Waals surface area contributed by atoms with Gasteiger partial charge in [0.2, 0.25) is 5.91 Å². The average Bonchev–Trinajstić information content (AvgIpc) is 2.35. The van der Waals surface area contributed by atoms with Crippen molar-refractivity contribution in [2.75, 3.05) is 25.5 Å². The van der Waals surface area contributed by atoms with Gasteiger partial charge in [0.05, 0.1) is 12.1 Å². The van der Waals surface area contributed by atoms with E-state index < -0.39 is 11.7 Å². The van der Waals surface area contributed by atoms with Gasteiger partial charge in [0.25, 0.3) is 0 Å². The number of hydrogen-bond donors (Lipinski definition) is 1. The summed E-state index contributed by atoms with van der Waals surface area (Å²) in [5.41, 5.74) is -0.608. The van der Waals surface area contributed by atoms with Gasteiger partial charge >= 0.3 is 6.18 Å². The number of halogens is 3. The number of benzene rings is 1. The lowest BCUT2D eigenvalue weighted by Crippen LogP contribution is -2.30. The maximum Gasteiger partial charge on any atom is 0.416 e. The number of nitrogens with one attached hydrogen (secondary N) is 1. The van der Waals surface area contributed by atoms with E-state index in [0.29, 0.717) is 0 Å². The second-order valence-corrected chi connectivity index (χ2v) is 4.72. The Morgan fingerprint density at radius 2 is 2.05 bits per heavy atom. The molecule has 0 bridgehead atoms. The van der Waals surface area contributed by atoms with E-state index in [0.717, 1.165) is 31.5 Å². The van der Waals surface area contributed by atoms with Gasteiger partial charge < -0.3 is 5.32 Å². The number of likely N-dealkylation sites (N-methyl/N-ethyl adjacent to an activating group) is 1. The molecule has 1 N–H and O–H groups in total. The van der Waals surface area contributed by atoms with Crippen LogP contribution < -0.4 is 5.32 Å². The van der Waals surface area contributed by atoms with Gasteiger partial charge in [0.1, 0.15) is 0 Å². The zero-order valence-corrected chi connectivity index (χ0v) is 11.6. The molecule has 0 saturated heterocycles. The van der Waals surface area contributed by atoms with Gasteiger partial charge in [-0.3, -0.25) is 9.69 Å². The molecule has 0 aliphatic carbocycles. The van der Waals surface area contributed by atoms with E-state index in [1.807, 2.05) is 4.90 Å². The van der Waals surface area contributed by atoms with Crippen LogP contribution in [0.1, 0.15) is 25.3 Å². The zero-order valence-electron chi connectivity index (χ0n) is 11.6. The first kappa shape index (κ1) is 16.5. The van der Waals surface area contributed by atoms with E-state index in [1.54, 1.807) is 7.05 Å². The fourth-order valence-electron chi connectivity index (χ4n) is 1.73. The summed E-state index contributed by atoms with van der Waals surface area (Å²) in [5, 5.41) is 2.48. The molecule has 112 valence electrons. The van der Waals surface area contributed by atoms with Crippen molar-refractivity contribution in [1.29, 1.82) is 0 Å². The van der Waals surface area contributed by atoms with Crippen LogP contribution in [0.25, 0.3) is 0 Å². The predicted octanol–water partition coefficient (Wildman–Crippen LogP) is 3.38. The molecule has 0 saturated carbocycles. The minimum absolute atomic E-state index is 0.161. The summed E-state index contributed by atoms with van der Waals surface area (Å²) in [6.07, 6.45) is -2.40. The van der Waals surface area contributed by atoms with Crippen LogP contribution in [0.2, 0.25) is 0 Å². The first-order valence-electron chi connectivity index (χ1n) is 6.48. The number of carbonyl (C=O) groups excluding carboxylic acids is 1. The molecule has 1 aromatic carbocycles. The van der Waals surface area contributed by atoms with Crippen molar-refractivity contribution in [2.45, 2.75) is 25.9 Å². The molecule has 0 heterocycles. The highest BCUT2D eigenvalue weighted by atomic mass is 19.4. The van der Waals surface area contributed by atoms with Crippen LogP contribution in [0.4, 0.5) is 18.9 Å². The molecule has 0 radical (unpaired) electrons. The molecular weight excluding hydrogens is 269 g/mol. The van der Waals surface area contributed by atoms with Gasteiger partial charge in [-0.2, -0.15) is 13.2 Å². The van der Waals surface area contributed by atoms with Crippen LogP contribution in [-0.2, 0) is 11.0 Å². The quantitative estimate of drug-likeness (QED) is 0.870. The Bertz CT molecular complexity index is 446. The third-order valence-corrected chi connectivity index (χ3v) is 2.78. The Morgan fingerprint density at radius 3 is 2.65 bits per heavy atom. The molecule has 0 aliphatic rings. The minimum Gasteiger partial charge on any atom is -0.325 e. The molecule has 1 rings (SSSR count). The molecule has 3 nitrogen and oxygen atoms in total. The number of hydrogen-bond acceptors (Lipinski definition) is 2. The van der Waals surface area contributed by atoms with Crippen LogP contribution in [0, 0.1) is 0 Å². The van der Waals surface area contributed by atoms with Crippen molar-refractivity contribution in [3.05, 3.63) is 29.8 Å². The van der Waals surface area contributed by atoms with Gasteiger partial charge in [-0.1, -0.05) is 19.4 Å². The molecule has 0 aliphatic heterocycles. The fourth-order valence-corrected chi connectivity index (χ4v) is 1.73. The van der Waals surface area contributed by atoms with E-state index in [-0.39, 0.29) is 18.1 Å². The van der Waals surface area contributed by atoms with E-state index in [9.17, 15) is 18.0 Å². The number of nitrogens with zero attached hydrogens (tertiary/aromatic N) is 1. The third kappa shape index (κ3) is 5.61. The molecule has 0 unspecified atom stereocenters. The highest BCUT2D eigenvalue weighted by Crippen LogP contribution is 2.30. The van der Waals surface area contributed by atoms with Gasteiger partial charge in [-0.15, -0.1) is 0 Å². The molecule has 1 aromatic rings. The van der Waals surface area contributed by atoms with E-state index in [2.05, 4.69) is 12.2 Å². The molecule has 6 heteroatoms. The van der Waals surface area contributed by atoms with Crippen molar-refractivity contribution in [3.63, 3.8) is 0 Å². The standard InChI is InChI=1S/C14H19F3N2O/c1-3-4-8-19(2)10-13(20)18-12-7-5-6-11(9-12)14(15,16)17/h5-7,9H,3-4,8,10H2,1-2H3,(H,18,20). The zero-order chi connectivity index (χ0) is 15.2. The summed E-state index contributed by atoms with van der Waals surface area (Å²) < 4.78 is 37.6. The van der Waals surface area contributed by atoms with Crippen LogP contribution in [-0.4, -0.2) is 30.9 Å². The maximum atomic E-state index is 12.5. The van der Waals surface area contributed by atoms with Crippen LogP contribution in [0.5, 0.6) is 0 Å². The van der Waals surface area contributed by atoms with E-state index in [1.165, 1.54) is 12.1 Å². The van der Waals surface area contributed by atoms with Gasteiger partial charge in [-0.05, 0) is 38.2 Å². The largest absolute Gasteiger partial charge is 0.416 e. The number of amides is 1. The number of alkyl halides is 3. The lowest BCUT2D eigenvalue weighted by molar-refractivity contribution is -0.137.